The summed E-state index contributed by atoms with van der Waals surface area (Å²) in [6.07, 6.45) is 3.12. The second-order valence-electron chi connectivity index (χ2n) is 8.29. The number of hydrogen-bond donors (Lipinski definition) is 0. The average molecular weight is 413 g/mol. The number of piperazine rings is 1. The van der Waals surface area contributed by atoms with Gasteiger partial charge in [0.2, 0.25) is 0 Å². The molecule has 1 saturated heterocycles. The molecule has 0 saturated carbocycles. The molecular weight excluding hydrogens is 383 g/mol. The van der Waals surface area contributed by atoms with E-state index in [2.05, 4.69) is 14.9 Å². The first-order valence-corrected chi connectivity index (χ1v) is 10.2. The average Bonchev–Trinajstić information content (AvgIpc) is 2.70. The molecule has 0 atom stereocenters. The van der Waals surface area contributed by atoms with Gasteiger partial charge in [-0.25, -0.2) is 19.2 Å². The highest BCUT2D eigenvalue weighted by molar-refractivity contribution is 5.86. The number of carbonyl (C=O) groups excluding carboxylic acids is 1. The number of allylic oxidation sites excluding steroid dienone is 1. The minimum atomic E-state index is -0.522. The maximum Gasteiger partial charge on any atom is 0.410 e. The fraction of sp³-hybridized carbons (Fsp3) is 0.435. The van der Waals surface area contributed by atoms with E-state index in [4.69, 9.17) is 4.74 Å². The van der Waals surface area contributed by atoms with Crippen LogP contribution >= 0.6 is 0 Å². The second kappa shape index (κ2) is 8.81. The quantitative estimate of drug-likeness (QED) is 0.746. The molecule has 2 heterocycles. The number of benzene rings is 1. The summed E-state index contributed by atoms with van der Waals surface area (Å²) in [6.45, 7) is 11.6. The number of ether oxygens (including phenoxy) is 1. The van der Waals surface area contributed by atoms with Crippen LogP contribution in [-0.4, -0.2) is 52.7 Å². The molecule has 1 aliphatic rings. The molecule has 1 aliphatic heterocycles. The molecule has 7 heteroatoms. The molecule has 1 amide bonds. The summed E-state index contributed by atoms with van der Waals surface area (Å²) in [4.78, 5) is 25.1. The van der Waals surface area contributed by atoms with Crippen LogP contribution in [0.25, 0.3) is 5.57 Å². The van der Waals surface area contributed by atoms with Gasteiger partial charge in [-0.1, -0.05) is 24.3 Å². The molecule has 0 aliphatic carbocycles. The van der Waals surface area contributed by atoms with Gasteiger partial charge in [0.1, 0.15) is 23.6 Å². The predicted octanol–water partition coefficient (Wildman–Crippen LogP) is 4.43. The first-order valence-electron chi connectivity index (χ1n) is 10.2. The number of anilines is 1. The van der Waals surface area contributed by atoms with Gasteiger partial charge in [-0.2, -0.15) is 0 Å². The Kier molecular flexibility index (Phi) is 6.39. The summed E-state index contributed by atoms with van der Waals surface area (Å²) < 4.78 is 20.0. The highest BCUT2D eigenvalue weighted by Crippen LogP contribution is 2.33. The smallest absolute Gasteiger partial charge is 0.410 e. The molecule has 3 rings (SSSR count). The Hall–Kier alpha value is -2.96. The molecule has 2 aromatic rings. The summed E-state index contributed by atoms with van der Waals surface area (Å²) in [5.41, 5.74) is 2.36. The Labute approximate surface area is 177 Å². The van der Waals surface area contributed by atoms with Gasteiger partial charge in [-0.15, -0.1) is 0 Å². The normalized spacial score (nSPS) is 15.3. The van der Waals surface area contributed by atoms with Crippen molar-refractivity contribution in [1.82, 2.24) is 14.9 Å². The van der Waals surface area contributed by atoms with Gasteiger partial charge in [-0.05, 0) is 46.3 Å². The summed E-state index contributed by atoms with van der Waals surface area (Å²) in [5.74, 6) is 0.470. The lowest BCUT2D eigenvalue weighted by molar-refractivity contribution is 0.0240. The zero-order valence-electron chi connectivity index (χ0n) is 18.3. The molecule has 1 fully saturated rings. The van der Waals surface area contributed by atoms with Crippen LogP contribution in [0.1, 0.15) is 44.5 Å². The SMILES string of the molecule is C/C=C(/c1ccccc1F)c1c(C)ncnc1N1CCN(C(=O)OC(C)(C)C)CC1. The zero-order chi connectivity index (χ0) is 21.9. The molecule has 30 heavy (non-hydrogen) atoms. The second-order valence-corrected chi connectivity index (χ2v) is 8.29. The Balaban J connectivity index is 1.86. The Morgan fingerprint density at radius 3 is 2.40 bits per heavy atom. The number of hydrogen-bond acceptors (Lipinski definition) is 5. The van der Waals surface area contributed by atoms with Crippen molar-refractivity contribution >= 4 is 17.5 Å². The molecule has 0 unspecified atom stereocenters. The molecule has 0 radical (unpaired) electrons. The van der Waals surface area contributed by atoms with E-state index in [0.29, 0.717) is 31.7 Å². The molecule has 0 N–H and O–H groups in total. The van der Waals surface area contributed by atoms with Crippen molar-refractivity contribution in [2.24, 2.45) is 0 Å². The summed E-state index contributed by atoms with van der Waals surface area (Å²) >= 11 is 0. The fourth-order valence-electron chi connectivity index (χ4n) is 3.56. The Bertz CT molecular complexity index is 944. The number of nitrogens with zero attached hydrogens (tertiary/aromatic N) is 4. The number of halogens is 1. The molecule has 0 spiro atoms. The van der Waals surface area contributed by atoms with Crippen LogP contribution in [0, 0.1) is 12.7 Å². The van der Waals surface area contributed by atoms with Crippen molar-refractivity contribution < 1.29 is 13.9 Å². The van der Waals surface area contributed by atoms with Crippen LogP contribution in [0.15, 0.2) is 36.7 Å². The van der Waals surface area contributed by atoms with Gasteiger partial charge < -0.3 is 14.5 Å². The van der Waals surface area contributed by atoms with E-state index in [1.54, 1.807) is 17.0 Å². The lowest BCUT2D eigenvalue weighted by Crippen LogP contribution is -2.50. The van der Waals surface area contributed by atoms with Gasteiger partial charge in [0.15, 0.2) is 0 Å². The third-order valence-electron chi connectivity index (χ3n) is 4.97. The standard InChI is InChI=1S/C23H29FN4O2/c1-6-17(18-9-7-8-10-19(18)24)20-16(2)25-15-26-21(20)27-11-13-28(14-12-27)22(29)30-23(3,4)5/h6-10,15H,11-14H2,1-5H3/b17-6-. The maximum atomic E-state index is 14.5. The van der Waals surface area contributed by atoms with Crippen molar-refractivity contribution in [3.8, 4) is 0 Å². The molecule has 160 valence electrons. The molecule has 1 aromatic carbocycles. The highest BCUT2D eigenvalue weighted by Gasteiger charge is 2.28. The number of aryl methyl sites for hydroxylation is 1. The van der Waals surface area contributed by atoms with Crippen molar-refractivity contribution in [3.63, 3.8) is 0 Å². The van der Waals surface area contributed by atoms with E-state index in [0.717, 1.165) is 22.6 Å². The van der Waals surface area contributed by atoms with Gasteiger partial charge in [0.05, 0.1) is 5.69 Å². The van der Waals surface area contributed by atoms with E-state index in [-0.39, 0.29) is 11.9 Å². The summed E-state index contributed by atoms with van der Waals surface area (Å²) in [5, 5.41) is 0. The summed E-state index contributed by atoms with van der Waals surface area (Å²) in [7, 11) is 0. The van der Waals surface area contributed by atoms with Gasteiger partial charge in [0.25, 0.3) is 0 Å². The first kappa shape index (κ1) is 21.7. The van der Waals surface area contributed by atoms with Crippen LogP contribution in [0.3, 0.4) is 0 Å². The van der Waals surface area contributed by atoms with Crippen molar-refractivity contribution in [3.05, 3.63) is 59.3 Å². The lowest BCUT2D eigenvalue weighted by Gasteiger charge is -2.37. The van der Waals surface area contributed by atoms with Gasteiger partial charge in [0, 0.05) is 37.3 Å². The lowest BCUT2D eigenvalue weighted by atomic mass is 9.96. The largest absolute Gasteiger partial charge is 0.444 e. The minimum Gasteiger partial charge on any atom is -0.444 e. The van der Waals surface area contributed by atoms with Crippen LogP contribution in [0.4, 0.5) is 15.0 Å². The molecular formula is C23H29FN4O2. The molecule has 0 bridgehead atoms. The van der Waals surface area contributed by atoms with Gasteiger partial charge in [-0.3, -0.25) is 0 Å². The number of aromatic nitrogens is 2. The van der Waals surface area contributed by atoms with E-state index in [1.807, 2.05) is 46.8 Å². The zero-order valence-corrected chi connectivity index (χ0v) is 18.3. The maximum absolute atomic E-state index is 14.5. The van der Waals surface area contributed by atoms with E-state index in [9.17, 15) is 9.18 Å². The van der Waals surface area contributed by atoms with Crippen LogP contribution in [0.5, 0.6) is 0 Å². The monoisotopic (exact) mass is 412 g/mol. The minimum absolute atomic E-state index is 0.283. The third-order valence-corrected chi connectivity index (χ3v) is 4.97. The predicted molar refractivity (Wildman–Crippen MR) is 116 cm³/mol. The Morgan fingerprint density at radius 2 is 1.80 bits per heavy atom. The van der Waals surface area contributed by atoms with Gasteiger partial charge >= 0.3 is 6.09 Å². The first-order chi connectivity index (χ1) is 14.2. The van der Waals surface area contributed by atoms with Crippen molar-refractivity contribution in [2.75, 3.05) is 31.1 Å². The van der Waals surface area contributed by atoms with Crippen LogP contribution in [0.2, 0.25) is 0 Å². The summed E-state index contributed by atoms with van der Waals surface area (Å²) in [6, 6.07) is 6.72. The highest BCUT2D eigenvalue weighted by atomic mass is 19.1. The van der Waals surface area contributed by atoms with Crippen molar-refractivity contribution in [2.45, 2.75) is 40.2 Å². The van der Waals surface area contributed by atoms with E-state index >= 15 is 0 Å². The molecule has 1 aromatic heterocycles. The van der Waals surface area contributed by atoms with Crippen LogP contribution < -0.4 is 4.90 Å². The number of rotatable bonds is 3. The number of carbonyl (C=O) groups is 1. The molecule has 6 nitrogen and oxygen atoms in total. The van der Waals surface area contributed by atoms with Crippen LogP contribution in [-0.2, 0) is 4.74 Å². The number of amides is 1. The third kappa shape index (κ3) is 4.78. The van der Waals surface area contributed by atoms with E-state index in [1.165, 1.54) is 12.4 Å². The Morgan fingerprint density at radius 1 is 1.13 bits per heavy atom. The van der Waals surface area contributed by atoms with E-state index < -0.39 is 5.60 Å². The fourth-order valence-corrected chi connectivity index (χ4v) is 3.56. The van der Waals surface area contributed by atoms with Crippen molar-refractivity contribution in [1.29, 1.82) is 0 Å². The topological polar surface area (TPSA) is 58.6 Å².